The van der Waals surface area contributed by atoms with E-state index in [2.05, 4.69) is 69.3 Å². The highest BCUT2D eigenvalue weighted by molar-refractivity contribution is 6.99. The van der Waals surface area contributed by atoms with Crippen LogP contribution < -0.4 is 10.4 Å². The molecule has 0 aliphatic carbocycles. The van der Waals surface area contributed by atoms with Gasteiger partial charge in [0.2, 0.25) is 0 Å². The van der Waals surface area contributed by atoms with Crippen LogP contribution >= 0.6 is 0 Å². The second-order valence-corrected chi connectivity index (χ2v) is 14.2. The van der Waals surface area contributed by atoms with Crippen molar-refractivity contribution >= 4 is 24.7 Å². The Morgan fingerprint density at radius 2 is 1.36 bits per heavy atom. The minimum atomic E-state index is -2.69. The van der Waals surface area contributed by atoms with Crippen LogP contribution in [0.4, 0.5) is 0 Å². The largest absolute Gasteiger partial charge is 0.449 e. The number of methoxy groups -OCH3 is 1. The van der Waals surface area contributed by atoms with Gasteiger partial charge in [0.15, 0.2) is 12.4 Å². The van der Waals surface area contributed by atoms with E-state index in [0.717, 1.165) is 0 Å². The van der Waals surface area contributed by atoms with Gasteiger partial charge in [0.1, 0.15) is 6.10 Å². The van der Waals surface area contributed by atoms with Crippen molar-refractivity contribution < 1.29 is 23.4 Å². The van der Waals surface area contributed by atoms with E-state index in [1.165, 1.54) is 10.4 Å². The number of rotatable bonds is 8. The van der Waals surface area contributed by atoms with Crippen molar-refractivity contribution in [2.75, 3.05) is 13.7 Å². The molecule has 0 N–H and O–H groups in total. The van der Waals surface area contributed by atoms with Gasteiger partial charge in [-0.05, 0) is 33.6 Å². The SMILES string of the molecule is CO[C@H]1O[C@H](CO[Si](c2ccccc2)(c2ccccc2)C(C)(C)C)C=C[C@H]1OC(=O)c1ccccc1. The summed E-state index contributed by atoms with van der Waals surface area (Å²) in [5.41, 5.74) is 0.484. The zero-order chi connectivity index (χ0) is 25.6. The normalized spacial score (nSPS) is 20.2. The lowest BCUT2D eigenvalue weighted by atomic mass is 10.2. The molecule has 0 saturated heterocycles. The van der Waals surface area contributed by atoms with Gasteiger partial charge in [-0.25, -0.2) is 4.79 Å². The predicted octanol–water partition coefficient (Wildman–Crippen LogP) is 4.72. The topological polar surface area (TPSA) is 54.0 Å². The molecule has 3 aromatic carbocycles. The molecule has 36 heavy (non-hydrogen) atoms. The molecule has 0 amide bonds. The van der Waals surface area contributed by atoms with Gasteiger partial charge in [-0.3, -0.25) is 0 Å². The average molecular weight is 503 g/mol. The van der Waals surface area contributed by atoms with Gasteiger partial charge >= 0.3 is 5.97 Å². The average Bonchev–Trinajstić information content (AvgIpc) is 2.90. The van der Waals surface area contributed by atoms with Crippen LogP contribution in [0.2, 0.25) is 5.04 Å². The molecule has 1 aliphatic heterocycles. The van der Waals surface area contributed by atoms with Crippen molar-refractivity contribution in [2.45, 2.75) is 44.3 Å². The van der Waals surface area contributed by atoms with Crippen LogP contribution in [0.3, 0.4) is 0 Å². The molecule has 3 aromatic rings. The van der Waals surface area contributed by atoms with Crippen molar-refractivity contribution in [3.63, 3.8) is 0 Å². The van der Waals surface area contributed by atoms with Crippen LogP contribution in [-0.4, -0.2) is 46.5 Å². The summed E-state index contributed by atoms with van der Waals surface area (Å²) in [5, 5.41) is 2.28. The Morgan fingerprint density at radius 3 is 1.86 bits per heavy atom. The minimum absolute atomic E-state index is 0.136. The molecule has 0 bridgehead atoms. The molecule has 0 fully saturated rings. The molecular weight excluding hydrogens is 468 g/mol. The third-order valence-electron chi connectivity index (χ3n) is 6.46. The molecule has 0 spiro atoms. The molecule has 4 rings (SSSR count). The summed E-state index contributed by atoms with van der Waals surface area (Å²) in [6.07, 6.45) is 2.01. The van der Waals surface area contributed by atoms with Crippen LogP contribution in [0.25, 0.3) is 0 Å². The summed E-state index contributed by atoms with van der Waals surface area (Å²) in [7, 11) is -1.14. The number of hydrogen-bond donors (Lipinski definition) is 0. The first-order valence-electron chi connectivity index (χ1n) is 12.2. The van der Waals surface area contributed by atoms with Crippen LogP contribution in [0, 0.1) is 0 Å². The van der Waals surface area contributed by atoms with Gasteiger partial charge in [0.05, 0.1) is 12.2 Å². The second-order valence-electron chi connectivity index (χ2n) is 9.87. The van der Waals surface area contributed by atoms with E-state index in [-0.39, 0.29) is 11.1 Å². The van der Waals surface area contributed by atoms with Crippen LogP contribution in [-0.2, 0) is 18.6 Å². The number of esters is 1. The number of carbonyl (C=O) groups excluding carboxylic acids is 1. The summed E-state index contributed by atoms with van der Waals surface area (Å²) in [4.78, 5) is 12.6. The number of ether oxygens (including phenoxy) is 3. The molecule has 0 aromatic heterocycles. The van der Waals surface area contributed by atoms with Gasteiger partial charge < -0.3 is 18.6 Å². The molecule has 188 valence electrons. The summed E-state index contributed by atoms with van der Waals surface area (Å²) >= 11 is 0. The molecule has 5 nitrogen and oxygen atoms in total. The van der Waals surface area contributed by atoms with Crippen molar-refractivity contribution in [2.24, 2.45) is 0 Å². The van der Waals surface area contributed by atoms with Gasteiger partial charge in [0, 0.05) is 7.11 Å². The minimum Gasteiger partial charge on any atom is -0.449 e. The second kappa shape index (κ2) is 11.4. The first-order valence-corrected chi connectivity index (χ1v) is 14.1. The molecular formula is C30H34O5Si. The molecule has 0 radical (unpaired) electrons. The lowest BCUT2D eigenvalue weighted by Crippen LogP contribution is -2.67. The smallest absolute Gasteiger partial charge is 0.338 e. The molecule has 6 heteroatoms. The Hall–Kier alpha value is -3.03. The number of hydrogen-bond acceptors (Lipinski definition) is 5. The van der Waals surface area contributed by atoms with Gasteiger partial charge in [-0.1, -0.05) is 106 Å². The van der Waals surface area contributed by atoms with Crippen molar-refractivity contribution in [3.8, 4) is 0 Å². The zero-order valence-corrected chi connectivity index (χ0v) is 22.3. The Morgan fingerprint density at radius 1 is 0.833 bits per heavy atom. The summed E-state index contributed by atoms with van der Waals surface area (Å²) in [6, 6.07) is 29.9. The van der Waals surface area contributed by atoms with E-state index in [4.69, 9.17) is 18.6 Å². The summed E-state index contributed by atoms with van der Waals surface area (Å²) in [6.45, 7) is 7.08. The molecule has 0 saturated carbocycles. The quantitative estimate of drug-likeness (QED) is 0.254. The Kier molecular flexibility index (Phi) is 8.21. The molecule has 3 atom stereocenters. The van der Waals surface area contributed by atoms with E-state index in [9.17, 15) is 4.79 Å². The third-order valence-corrected chi connectivity index (χ3v) is 11.5. The Balaban J connectivity index is 1.56. The van der Waals surface area contributed by atoms with Crippen LogP contribution in [0.1, 0.15) is 31.1 Å². The van der Waals surface area contributed by atoms with Gasteiger partial charge in [0.25, 0.3) is 8.32 Å². The molecule has 1 heterocycles. The Labute approximate surface area is 214 Å². The molecule has 0 unspecified atom stereocenters. The highest BCUT2D eigenvalue weighted by Crippen LogP contribution is 2.37. The van der Waals surface area contributed by atoms with E-state index in [1.807, 2.05) is 30.4 Å². The van der Waals surface area contributed by atoms with E-state index in [0.29, 0.717) is 12.2 Å². The summed E-state index contributed by atoms with van der Waals surface area (Å²) in [5.74, 6) is -0.419. The maximum atomic E-state index is 12.6. The Bertz CT molecular complexity index is 1100. The van der Waals surface area contributed by atoms with Crippen LogP contribution in [0.15, 0.2) is 103 Å². The maximum absolute atomic E-state index is 12.6. The fourth-order valence-electron chi connectivity index (χ4n) is 4.73. The van der Waals surface area contributed by atoms with E-state index in [1.54, 1.807) is 31.4 Å². The highest BCUT2D eigenvalue weighted by Gasteiger charge is 2.50. The first-order chi connectivity index (χ1) is 17.3. The predicted molar refractivity (Wildman–Crippen MR) is 144 cm³/mol. The lowest BCUT2D eigenvalue weighted by molar-refractivity contribution is -0.195. The van der Waals surface area contributed by atoms with E-state index >= 15 is 0 Å². The number of carbonyl (C=O) groups is 1. The fraction of sp³-hybridized carbons (Fsp3) is 0.300. The fourth-order valence-corrected chi connectivity index (χ4v) is 9.30. The number of benzene rings is 3. The van der Waals surface area contributed by atoms with Crippen LogP contribution in [0.5, 0.6) is 0 Å². The van der Waals surface area contributed by atoms with Gasteiger partial charge in [-0.2, -0.15) is 0 Å². The standard InChI is InChI=1S/C30H34O5Si/c1-30(2,3)36(25-16-10-6-11-17-25,26-18-12-7-13-19-26)33-22-24-20-21-27(29(32-4)34-24)35-28(31)23-14-8-5-9-15-23/h5-21,24,27,29H,22H2,1-4H3/t24-,27+,29-/m0/s1. The summed E-state index contributed by atoms with van der Waals surface area (Å²) < 4.78 is 24.4. The van der Waals surface area contributed by atoms with Crippen molar-refractivity contribution in [1.82, 2.24) is 0 Å². The van der Waals surface area contributed by atoms with Gasteiger partial charge in [-0.15, -0.1) is 0 Å². The first kappa shape index (κ1) is 26.0. The maximum Gasteiger partial charge on any atom is 0.338 e. The van der Waals surface area contributed by atoms with E-state index < -0.39 is 26.7 Å². The molecule has 1 aliphatic rings. The third kappa shape index (κ3) is 5.52. The monoisotopic (exact) mass is 502 g/mol. The zero-order valence-electron chi connectivity index (χ0n) is 21.3. The van der Waals surface area contributed by atoms with Crippen molar-refractivity contribution in [3.05, 3.63) is 109 Å². The van der Waals surface area contributed by atoms with Crippen molar-refractivity contribution in [1.29, 1.82) is 0 Å². The lowest BCUT2D eigenvalue weighted by Gasteiger charge is -2.44. The highest BCUT2D eigenvalue weighted by atomic mass is 28.4.